The van der Waals surface area contributed by atoms with Crippen LogP contribution in [-0.2, 0) is 4.79 Å². The molecule has 1 fully saturated rings. The van der Waals surface area contributed by atoms with E-state index in [1.54, 1.807) is 12.1 Å². The molecule has 1 unspecified atom stereocenters. The number of hydrogen-bond acceptors (Lipinski definition) is 1. The summed E-state index contributed by atoms with van der Waals surface area (Å²) in [5.74, 6) is -1.04. The lowest BCUT2D eigenvalue weighted by molar-refractivity contribution is -0.143. The summed E-state index contributed by atoms with van der Waals surface area (Å²) in [6, 6.07) is 6.94. The van der Waals surface area contributed by atoms with Gasteiger partial charge in [-0.1, -0.05) is 30.7 Å². The molecule has 0 bridgehead atoms. The molecule has 0 radical (unpaired) electrons. The summed E-state index contributed by atoms with van der Waals surface area (Å²) in [5, 5.41) is 8.66. The largest absolute Gasteiger partial charge is 0.479 e. The van der Waals surface area contributed by atoms with Crippen LogP contribution in [0, 0.1) is 0 Å². The van der Waals surface area contributed by atoms with Crippen LogP contribution in [0.15, 0.2) is 24.3 Å². The summed E-state index contributed by atoms with van der Waals surface area (Å²) in [4.78, 5) is 10.6. The van der Waals surface area contributed by atoms with Gasteiger partial charge in [-0.15, -0.1) is 0 Å². The maximum absolute atomic E-state index is 13.4. The molecule has 1 aliphatic rings. The Labute approximate surface area is 87.7 Å². The van der Waals surface area contributed by atoms with E-state index in [0.717, 1.165) is 24.8 Å². The average Bonchev–Trinajstić information content (AvgIpc) is 2.15. The maximum Gasteiger partial charge on any atom is 0.343 e. The second-order valence-electron chi connectivity index (χ2n) is 3.96. The molecule has 1 saturated carbocycles. The molecule has 2 nitrogen and oxygen atoms in total. The number of rotatable bonds is 3. The highest BCUT2D eigenvalue weighted by Crippen LogP contribution is 2.40. The van der Waals surface area contributed by atoms with Crippen LogP contribution in [0.3, 0.4) is 0 Å². The fraction of sp³-hybridized carbons (Fsp3) is 0.417. The van der Waals surface area contributed by atoms with Gasteiger partial charge in [0.1, 0.15) is 0 Å². The van der Waals surface area contributed by atoms with Gasteiger partial charge in [0, 0.05) is 5.56 Å². The van der Waals surface area contributed by atoms with Crippen LogP contribution < -0.4 is 0 Å². The van der Waals surface area contributed by atoms with E-state index in [1.807, 2.05) is 12.1 Å². The van der Waals surface area contributed by atoms with Crippen LogP contribution in [0.1, 0.15) is 42.5 Å². The molecule has 0 aromatic heterocycles. The van der Waals surface area contributed by atoms with Crippen LogP contribution in [0.5, 0.6) is 0 Å². The molecule has 2 rings (SSSR count). The van der Waals surface area contributed by atoms with Gasteiger partial charge in [-0.25, -0.2) is 9.18 Å². The van der Waals surface area contributed by atoms with E-state index < -0.39 is 12.1 Å². The first-order valence-corrected chi connectivity index (χ1v) is 5.16. The summed E-state index contributed by atoms with van der Waals surface area (Å²) in [6.45, 7) is 0. The minimum Gasteiger partial charge on any atom is -0.479 e. The van der Waals surface area contributed by atoms with Crippen LogP contribution in [0.2, 0.25) is 0 Å². The Morgan fingerprint density at radius 3 is 2.60 bits per heavy atom. The van der Waals surface area contributed by atoms with Gasteiger partial charge in [-0.2, -0.15) is 0 Å². The molecule has 1 aromatic rings. The molecule has 80 valence electrons. The molecule has 0 saturated heterocycles. The van der Waals surface area contributed by atoms with E-state index in [1.165, 1.54) is 0 Å². The molecule has 0 aliphatic heterocycles. The number of alkyl halides is 1. The first kappa shape index (κ1) is 10.1. The van der Waals surface area contributed by atoms with E-state index in [2.05, 4.69) is 0 Å². The Hall–Kier alpha value is -1.38. The Kier molecular flexibility index (Phi) is 2.71. The van der Waals surface area contributed by atoms with Gasteiger partial charge >= 0.3 is 5.97 Å². The van der Waals surface area contributed by atoms with E-state index in [4.69, 9.17) is 5.11 Å². The number of hydrogen-bond donors (Lipinski definition) is 1. The van der Waals surface area contributed by atoms with Crippen LogP contribution in [-0.4, -0.2) is 11.1 Å². The van der Waals surface area contributed by atoms with Gasteiger partial charge in [-0.05, 0) is 24.3 Å². The Morgan fingerprint density at radius 2 is 2.07 bits per heavy atom. The predicted octanol–water partition coefficient (Wildman–Crippen LogP) is 3.05. The Bertz CT molecular complexity index is 372. The van der Waals surface area contributed by atoms with Gasteiger partial charge in [0.25, 0.3) is 0 Å². The van der Waals surface area contributed by atoms with Crippen molar-refractivity contribution >= 4 is 5.97 Å². The SMILES string of the molecule is O=C(O)C(F)c1ccccc1C1CCC1. The molecule has 1 N–H and O–H groups in total. The third kappa shape index (κ3) is 1.87. The first-order valence-electron chi connectivity index (χ1n) is 5.16. The van der Waals surface area contributed by atoms with Gasteiger partial charge in [0.15, 0.2) is 0 Å². The lowest BCUT2D eigenvalue weighted by Crippen LogP contribution is -2.15. The summed E-state index contributed by atoms with van der Waals surface area (Å²) in [5.41, 5.74) is 1.20. The number of carboxylic acids is 1. The zero-order valence-corrected chi connectivity index (χ0v) is 8.32. The average molecular weight is 208 g/mol. The number of carboxylic acid groups (broad SMARTS) is 1. The third-order valence-electron chi connectivity index (χ3n) is 3.03. The molecule has 0 heterocycles. The smallest absolute Gasteiger partial charge is 0.343 e. The van der Waals surface area contributed by atoms with Gasteiger partial charge in [0.05, 0.1) is 0 Å². The highest BCUT2D eigenvalue weighted by atomic mass is 19.1. The lowest BCUT2D eigenvalue weighted by Gasteiger charge is -2.28. The second-order valence-corrected chi connectivity index (χ2v) is 3.96. The number of halogens is 1. The molecule has 3 heteroatoms. The zero-order valence-electron chi connectivity index (χ0n) is 8.32. The van der Waals surface area contributed by atoms with Crippen LogP contribution >= 0.6 is 0 Å². The van der Waals surface area contributed by atoms with E-state index in [9.17, 15) is 9.18 Å². The number of benzene rings is 1. The lowest BCUT2D eigenvalue weighted by atomic mass is 9.77. The summed E-state index contributed by atoms with van der Waals surface area (Å²) >= 11 is 0. The van der Waals surface area contributed by atoms with Crippen molar-refractivity contribution in [1.82, 2.24) is 0 Å². The quantitative estimate of drug-likeness (QED) is 0.828. The van der Waals surface area contributed by atoms with Crippen molar-refractivity contribution < 1.29 is 14.3 Å². The summed E-state index contributed by atoms with van der Waals surface area (Å²) in [7, 11) is 0. The molecule has 1 aromatic carbocycles. The highest BCUT2D eigenvalue weighted by Gasteiger charge is 2.27. The van der Waals surface area contributed by atoms with Crippen LogP contribution in [0.25, 0.3) is 0 Å². The van der Waals surface area contributed by atoms with Crippen molar-refractivity contribution in [2.24, 2.45) is 0 Å². The fourth-order valence-corrected chi connectivity index (χ4v) is 1.97. The number of aliphatic carboxylic acids is 1. The second kappa shape index (κ2) is 4.01. The molecule has 1 aliphatic carbocycles. The minimum absolute atomic E-state index is 0.328. The normalized spacial score (nSPS) is 18.2. The van der Waals surface area contributed by atoms with Crippen molar-refractivity contribution in [3.8, 4) is 0 Å². The summed E-state index contributed by atoms with van der Waals surface area (Å²) < 4.78 is 13.4. The van der Waals surface area contributed by atoms with Gasteiger partial charge in [-0.3, -0.25) is 0 Å². The zero-order chi connectivity index (χ0) is 10.8. The first-order chi connectivity index (χ1) is 7.20. The van der Waals surface area contributed by atoms with E-state index in [-0.39, 0.29) is 0 Å². The molecule has 15 heavy (non-hydrogen) atoms. The Balaban J connectivity index is 2.32. The van der Waals surface area contributed by atoms with Crippen LogP contribution in [0.4, 0.5) is 4.39 Å². The van der Waals surface area contributed by atoms with Gasteiger partial charge in [0.2, 0.25) is 6.17 Å². The van der Waals surface area contributed by atoms with Gasteiger partial charge < -0.3 is 5.11 Å². The van der Waals surface area contributed by atoms with Crippen molar-refractivity contribution in [2.75, 3.05) is 0 Å². The monoisotopic (exact) mass is 208 g/mol. The Morgan fingerprint density at radius 1 is 1.40 bits per heavy atom. The van der Waals surface area contributed by atoms with E-state index >= 15 is 0 Å². The van der Waals surface area contributed by atoms with Crippen molar-refractivity contribution in [1.29, 1.82) is 0 Å². The molecule has 1 atom stereocenters. The van der Waals surface area contributed by atoms with E-state index in [0.29, 0.717) is 11.5 Å². The summed E-state index contributed by atoms with van der Waals surface area (Å²) in [6.07, 6.45) is 1.36. The topological polar surface area (TPSA) is 37.3 Å². The van der Waals surface area contributed by atoms with Crippen molar-refractivity contribution in [3.05, 3.63) is 35.4 Å². The fourth-order valence-electron chi connectivity index (χ4n) is 1.97. The predicted molar refractivity (Wildman–Crippen MR) is 54.5 cm³/mol. The minimum atomic E-state index is -1.89. The van der Waals surface area contributed by atoms with Crippen molar-refractivity contribution in [2.45, 2.75) is 31.4 Å². The van der Waals surface area contributed by atoms with Crippen molar-refractivity contribution in [3.63, 3.8) is 0 Å². The number of carbonyl (C=O) groups is 1. The molecular weight excluding hydrogens is 195 g/mol. The third-order valence-corrected chi connectivity index (χ3v) is 3.03. The molecule has 0 spiro atoms. The molecule has 0 amide bonds. The standard InChI is InChI=1S/C12H13FO2/c13-11(12(14)15)10-7-2-1-6-9(10)8-4-3-5-8/h1-2,6-8,11H,3-5H2,(H,14,15). The highest BCUT2D eigenvalue weighted by molar-refractivity contribution is 5.74. The maximum atomic E-state index is 13.4. The molecular formula is C12H13FO2.